The van der Waals surface area contributed by atoms with Crippen LogP contribution in [0.1, 0.15) is 19.9 Å². The van der Waals surface area contributed by atoms with Gasteiger partial charge >= 0.3 is 0 Å². The number of carbonyl (C=O) groups excluding carboxylic acids is 1. The summed E-state index contributed by atoms with van der Waals surface area (Å²) in [6, 6.07) is 9.63. The van der Waals surface area contributed by atoms with Gasteiger partial charge in [-0.3, -0.25) is 9.59 Å². The van der Waals surface area contributed by atoms with Gasteiger partial charge in [-0.05, 0) is 48.0 Å². The van der Waals surface area contributed by atoms with Gasteiger partial charge in [-0.1, -0.05) is 12.1 Å². The van der Waals surface area contributed by atoms with Crippen molar-refractivity contribution in [2.75, 3.05) is 11.9 Å². The van der Waals surface area contributed by atoms with Crippen LogP contribution < -0.4 is 15.6 Å². The monoisotopic (exact) mass is 364 g/mol. The Hall–Kier alpha value is -2.08. The number of para-hydroxylation sites is 2. The molecule has 1 N–H and O–H groups in total. The predicted molar refractivity (Wildman–Crippen MR) is 89.4 cm³/mol. The fraction of sp³-hybridized carbons (Fsp3) is 0.250. The first-order valence-electron chi connectivity index (χ1n) is 6.93. The Labute approximate surface area is 137 Å². The molecule has 0 bridgehead atoms. The van der Waals surface area contributed by atoms with Gasteiger partial charge < -0.3 is 14.6 Å². The number of carbonyl (C=O) groups is 1. The molecule has 0 radical (unpaired) electrons. The van der Waals surface area contributed by atoms with Crippen LogP contribution in [0.5, 0.6) is 5.75 Å². The minimum Gasteiger partial charge on any atom is -0.492 e. The van der Waals surface area contributed by atoms with E-state index in [1.165, 1.54) is 10.6 Å². The number of hydrogen-bond donors (Lipinski definition) is 1. The summed E-state index contributed by atoms with van der Waals surface area (Å²) in [6.45, 7) is 4.06. The fourth-order valence-electron chi connectivity index (χ4n) is 1.99. The van der Waals surface area contributed by atoms with Crippen LogP contribution in [-0.4, -0.2) is 17.1 Å². The maximum Gasteiger partial charge on any atom is 0.251 e. The lowest BCUT2D eigenvalue weighted by Gasteiger charge is -2.17. The molecule has 1 atom stereocenters. The van der Waals surface area contributed by atoms with Crippen molar-refractivity contribution >= 4 is 27.5 Å². The Balaban J connectivity index is 2.22. The van der Waals surface area contributed by atoms with Crippen molar-refractivity contribution in [3.63, 3.8) is 0 Å². The maximum atomic E-state index is 12.4. The number of benzene rings is 1. The van der Waals surface area contributed by atoms with Gasteiger partial charge in [0.2, 0.25) is 5.91 Å². The highest BCUT2D eigenvalue weighted by Gasteiger charge is 2.17. The van der Waals surface area contributed by atoms with E-state index in [0.717, 1.165) is 4.47 Å². The third-order valence-electron chi connectivity index (χ3n) is 3.14. The number of ether oxygens (including phenoxy) is 1. The van der Waals surface area contributed by atoms with Gasteiger partial charge in [0.15, 0.2) is 0 Å². The third kappa shape index (κ3) is 3.76. The molecule has 5 nitrogen and oxygen atoms in total. The largest absolute Gasteiger partial charge is 0.492 e. The van der Waals surface area contributed by atoms with E-state index < -0.39 is 6.04 Å². The van der Waals surface area contributed by atoms with Crippen molar-refractivity contribution < 1.29 is 9.53 Å². The first-order valence-corrected chi connectivity index (χ1v) is 7.72. The maximum absolute atomic E-state index is 12.4. The molecule has 1 amide bonds. The Morgan fingerprint density at radius 3 is 2.77 bits per heavy atom. The molecule has 22 heavy (non-hydrogen) atoms. The molecule has 116 valence electrons. The van der Waals surface area contributed by atoms with Gasteiger partial charge in [-0.2, -0.15) is 0 Å². The Bertz CT molecular complexity index is 727. The van der Waals surface area contributed by atoms with Gasteiger partial charge in [0, 0.05) is 16.7 Å². The highest BCUT2D eigenvalue weighted by molar-refractivity contribution is 9.10. The number of pyridine rings is 1. The van der Waals surface area contributed by atoms with E-state index in [1.807, 2.05) is 19.1 Å². The lowest BCUT2D eigenvalue weighted by Crippen LogP contribution is -2.31. The molecular formula is C16H17BrN2O3. The highest BCUT2D eigenvalue weighted by atomic mass is 79.9. The number of rotatable bonds is 5. The number of amides is 1. The number of halogens is 1. The first kappa shape index (κ1) is 16.3. The minimum absolute atomic E-state index is 0.232. The average molecular weight is 365 g/mol. The summed E-state index contributed by atoms with van der Waals surface area (Å²) in [6.07, 6.45) is 1.60. The Morgan fingerprint density at radius 1 is 1.32 bits per heavy atom. The predicted octanol–water partition coefficient (Wildman–Crippen LogP) is 3.21. The highest BCUT2D eigenvalue weighted by Crippen LogP contribution is 2.24. The Morgan fingerprint density at radius 2 is 2.05 bits per heavy atom. The van der Waals surface area contributed by atoms with Gasteiger partial charge in [0.25, 0.3) is 5.56 Å². The van der Waals surface area contributed by atoms with Crippen molar-refractivity contribution in [2.24, 2.45) is 0 Å². The third-order valence-corrected chi connectivity index (χ3v) is 3.61. The molecule has 2 aromatic rings. The van der Waals surface area contributed by atoms with Crippen molar-refractivity contribution in [1.82, 2.24) is 4.57 Å². The Kier molecular flexibility index (Phi) is 5.38. The molecule has 0 aliphatic carbocycles. The number of anilines is 1. The van der Waals surface area contributed by atoms with Crippen LogP contribution in [-0.2, 0) is 4.79 Å². The number of hydrogen-bond acceptors (Lipinski definition) is 3. The second-order valence-corrected chi connectivity index (χ2v) is 5.60. The average Bonchev–Trinajstić information content (AvgIpc) is 2.51. The van der Waals surface area contributed by atoms with E-state index in [-0.39, 0.29) is 11.5 Å². The van der Waals surface area contributed by atoms with E-state index in [4.69, 9.17) is 4.74 Å². The number of nitrogens with one attached hydrogen (secondary N) is 1. The summed E-state index contributed by atoms with van der Waals surface area (Å²) in [5.74, 6) is 0.319. The molecule has 1 aromatic heterocycles. The van der Waals surface area contributed by atoms with Crippen molar-refractivity contribution in [1.29, 1.82) is 0 Å². The summed E-state index contributed by atoms with van der Waals surface area (Å²) in [7, 11) is 0. The molecule has 6 heteroatoms. The number of aromatic nitrogens is 1. The molecule has 0 aliphatic rings. The summed E-state index contributed by atoms with van der Waals surface area (Å²) < 4.78 is 7.59. The van der Waals surface area contributed by atoms with Crippen LogP contribution in [0, 0.1) is 0 Å². The van der Waals surface area contributed by atoms with Gasteiger partial charge in [0.05, 0.1) is 12.3 Å². The molecule has 0 saturated carbocycles. The molecule has 1 aromatic carbocycles. The van der Waals surface area contributed by atoms with Crippen molar-refractivity contribution in [3.05, 3.63) is 57.4 Å². The molecule has 0 spiro atoms. The molecule has 2 rings (SSSR count). The first-order chi connectivity index (χ1) is 10.5. The number of nitrogens with zero attached hydrogens (tertiary/aromatic N) is 1. The lowest BCUT2D eigenvalue weighted by molar-refractivity contribution is -0.118. The summed E-state index contributed by atoms with van der Waals surface area (Å²) in [5, 5.41) is 2.80. The van der Waals surface area contributed by atoms with E-state index in [9.17, 15) is 9.59 Å². The van der Waals surface area contributed by atoms with E-state index >= 15 is 0 Å². The summed E-state index contributed by atoms with van der Waals surface area (Å²) in [5.41, 5.74) is 0.355. The topological polar surface area (TPSA) is 60.3 Å². The van der Waals surface area contributed by atoms with Crippen LogP contribution >= 0.6 is 15.9 Å². The van der Waals surface area contributed by atoms with E-state index in [1.54, 1.807) is 31.3 Å². The van der Waals surface area contributed by atoms with Gasteiger partial charge in [-0.15, -0.1) is 0 Å². The SMILES string of the molecule is CCOc1ccccc1NC(=O)C(C)n1cc(Br)ccc1=O. The van der Waals surface area contributed by atoms with Crippen molar-refractivity contribution in [2.45, 2.75) is 19.9 Å². The van der Waals surface area contributed by atoms with E-state index in [2.05, 4.69) is 21.2 Å². The molecule has 1 unspecified atom stereocenters. The molecule has 1 heterocycles. The summed E-state index contributed by atoms with van der Waals surface area (Å²) in [4.78, 5) is 24.3. The van der Waals surface area contributed by atoms with Gasteiger partial charge in [0.1, 0.15) is 11.8 Å². The lowest BCUT2D eigenvalue weighted by atomic mass is 10.2. The second-order valence-electron chi connectivity index (χ2n) is 4.69. The van der Waals surface area contributed by atoms with Crippen LogP contribution in [0.2, 0.25) is 0 Å². The van der Waals surface area contributed by atoms with Crippen molar-refractivity contribution in [3.8, 4) is 5.75 Å². The zero-order valence-electron chi connectivity index (χ0n) is 12.4. The standard InChI is InChI=1S/C16H17BrN2O3/c1-3-22-14-7-5-4-6-13(14)18-16(21)11(2)19-10-12(17)8-9-15(19)20/h4-11H,3H2,1-2H3,(H,18,21). The minimum atomic E-state index is -0.639. The quantitative estimate of drug-likeness (QED) is 0.885. The van der Waals surface area contributed by atoms with Crippen LogP contribution in [0.3, 0.4) is 0 Å². The summed E-state index contributed by atoms with van der Waals surface area (Å²) >= 11 is 3.30. The smallest absolute Gasteiger partial charge is 0.251 e. The zero-order chi connectivity index (χ0) is 16.1. The van der Waals surface area contributed by atoms with Crippen LogP contribution in [0.15, 0.2) is 51.9 Å². The van der Waals surface area contributed by atoms with E-state index in [0.29, 0.717) is 18.0 Å². The molecule has 0 saturated heterocycles. The van der Waals surface area contributed by atoms with Gasteiger partial charge in [-0.25, -0.2) is 0 Å². The van der Waals surface area contributed by atoms with Crippen LogP contribution in [0.25, 0.3) is 0 Å². The zero-order valence-corrected chi connectivity index (χ0v) is 14.0. The fourth-order valence-corrected chi connectivity index (χ4v) is 2.35. The normalized spacial score (nSPS) is 11.8. The molecule has 0 fully saturated rings. The second kappa shape index (κ2) is 7.26. The van der Waals surface area contributed by atoms with Crippen LogP contribution in [0.4, 0.5) is 5.69 Å². The molecule has 0 aliphatic heterocycles. The molecular weight excluding hydrogens is 348 g/mol.